The highest BCUT2D eigenvalue weighted by molar-refractivity contribution is 7.17. The summed E-state index contributed by atoms with van der Waals surface area (Å²) in [7, 11) is 1.68. The molecule has 0 aliphatic heterocycles. The first kappa shape index (κ1) is 15.5. The summed E-state index contributed by atoms with van der Waals surface area (Å²) in [6.45, 7) is 2.66. The molecule has 2 rings (SSSR count). The van der Waals surface area contributed by atoms with E-state index < -0.39 is 0 Å². The summed E-state index contributed by atoms with van der Waals surface area (Å²) in [5.74, 6) is 0.482. The van der Waals surface area contributed by atoms with Crippen LogP contribution in [0.1, 0.15) is 16.6 Å². The van der Waals surface area contributed by atoms with Crippen LogP contribution in [0.4, 0.5) is 0 Å². The van der Waals surface area contributed by atoms with E-state index in [0.717, 1.165) is 10.4 Å². The van der Waals surface area contributed by atoms with Crippen molar-refractivity contribution < 1.29 is 14.6 Å². The van der Waals surface area contributed by atoms with E-state index in [0.29, 0.717) is 23.8 Å². The number of aliphatic hydroxyl groups is 1. The fraction of sp³-hybridized carbons (Fsp3) is 0.312. The van der Waals surface area contributed by atoms with Gasteiger partial charge in [-0.2, -0.15) is 0 Å². The summed E-state index contributed by atoms with van der Waals surface area (Å²) < 4.78 is 5.59. The summed E-state index contributed by atoms with van der Waals surface area (Å²) in [6, 6.07) is 11.8. The van der Waals surface area contributed by atoms with Crippen molar-refractivity contribution in [2.24, 2.45) is 0 Å². The van der Waals surface area contributed by atoms with E-state index >= 15 is 0 Å². The molecule has 1 amide bonds. The summed E-state index contributed by atoms with van der Waals surface area (Å²) in [6.07, 6.45) is 0. The van der Waals surface area contributed by atoms with Gasteiger partial charge in [0.1, 0.15) is 10.6 Å². The minimum absolute atomic E-state index is 0.0525. The van der Waals surface area contributed by atoms with Crippen molar-refractivity contribution in [3.8, 4) is 16.2 Å². The van der Waals surface area contributed by atoms with Crippen LogP contribution in [0.2, 0.25) is 0 Å². The number of nitrogens with zero attached hydrogens (tertiary/aromatic N) is 1. The van der Waals surface area contributed by atoms with Crippen LogP contribution in [0.25, 0.3) is 10.4 Å². The zero-order valence-corrected chi connectivity index (χ0v) is 13.0. The third kappa shape index (κ3) is 3.62. The van der Waals surface area contributed by atoms with Gasteiger partial charge in [-0.05, 0) is 18.6 Å². The van der Waals surface area contributed by atoms with Crippen molar-refractivity contribution in [3.05, 3.63) is 41.3 Å². The lowest BCUT2D eigenvalue weighted by molar-refractivity contribution is 0.0768. The van der Waals surface area contributed by atoms with Gasteiger partial charge < -0.3 is 14.7 Å². The Balaban J connectivity index is 2.36. The van der Waals surface area contributed by atoms with E-state index in [9.17, 15) is 4.79 Å². The normalized spacial score (nSPS) is 10.4. The molecule has 5 heteroatoms. The third-order valence-electron chi connectivity index (χ3n) is 3.03. The van der Waals surface area contributed by atoms with Gasteiger partial charge in [0, 0.05) is 18.5 Å². The first-order valence-corrected chi connectivity index (χ1v) is 7.67. The first-order valence-electron chi connectivity index (χ1n) is 6.85. The number of thiophene rings is 1. The fourth-order valence-electron chi connectivity index (χ4n) is 1.96. The molecule has 0 saturated heterocycles. The molecule has 4 nitrogen and oxygen atoms in total. The molecule has 1 aromatic carbocycles. The molecule has 0 aliphatic rings. The largest absolute Gasteiger partial charge is 0.492 e. The van der Waals surface area contributed by atoms with Gasteiger partial charge in [-0.1, -0.05) is 30.3 Å². The Morgan fingerprint density at radius 2 is 2.05 bits per heavy atom. The molecule has 0 atom stereocenters. The topological polar surface area (TPSA) is 49.8 Å². The van der Waals surface area contributed by atoms with Crippen molar-refractivity contribution in [2.75, 3.05) is 26.8 Å². The number of likely N-dealkylation sites (N-methyl/N-ethyl adjacent to an activating group) is 1. The van der Waals surface area contributed by atoms with Crippen molar-refractivity contribution in [2.45, 2.75) is 6.92 Å². The average molecular weight is 305 g/mol. The predicted octanol–water partition coefficient (Wildman–Crippen LogP) is 2.88. The second kappa shape index (κ2) is 7.24. The van der Waals surface area contributed by atoms with Crippen molar-refractivity contribution in [3.63, 3.8) is 0 Å². The smallest absolute Gasteiger partial charge is 0.267 e. The number of benzene rings is 1. The number of carbonyl (C=O) groups excluding carboxylic acids is 1. The monoisotopic (exact) mass is 305 g/mol. The van der Waals surface area contributed by atoms with Gasteiger partial charge in [0.25, 0.3) is 5.91 Å². The first-order chi connectivity index (χ1) is 10.2. The second-order valence-electron chi connectivity index (χ2n) is 4.55. The number of hydrogen-bond acceptors (Lipinski definition) is 4. The Morgan fingerprint density at radius 3 is 2.67 bits per heavy atom. The summed E-state index contributed by atoms with van der Waals surface area (Å²) in [5, 5.41) is 8.97. The van der Waals surface area contributed by atoms with Gasteiger partial charge >= 0.3 is 0 Å². The van der Waals surface area contributed by atoms with Gasteiger partial charge in [0.2, 0.25) is 0 Å². The quantitative estimate of drug-likeness (QED) is 0.893. The van der Waals surface area contributed by atoms with Gasteiger partial charge in [-0.25, -0.2) is 0 Å². The highest BCUT2D eigenvalue weighted by Gasteiger charge is 2.21. The minimum atomic E-state index is -0.125. The number of aliphatic hydroxyl groups excluding tert-OH is 1. The Kier molecular flexibility index (Phi) is 5.36. The summed E-state index contributed by atoms with van der Waals surface area (Å²) in [5.41, 5.74) is 1.06. The Bertz CT molecular complexity index is 595. The van der Waals surface area contributed by atoms with Crippen LogP contribution >= 0.6 is 11.3 Å². The molecule has 2 aromatic rings. The van der Waals surface area contributed by atoms with Crippen LogP contribution in [0, 0.1) is 0 Å². The average Bonchev–Trinajstić information content (AvgIpc) is 2.92. The van der Waals surface area contributed by atoms with E-state index in [4.69, 9.17) is 9.84 Å². The lowest BCUT2D eigenvalue weighted by atomic mass is 10.2. The number of amides is 1. The molecule has 0 fully saturated rings. The zero-order chi connectivity index (χ0) is 15.2. The van der Waals surface area contributed by atoms with Crippen LogP contribution in [0.5, 0.6) is 5.75 Å². The van der Waals surface area contributed by atoms with Crippen molar-refractivity contribution in [1.82, 2.24) is 4.90 Å². The Morgan fingerprint density at radius 1 is 1.33 bits per heavy atom. The van der Waals surface area contributed by atoms with Crippen LogP contribution in [-0.4, -0.2) is 42.7 Å². The van der Waals surface area contributed by atoms with Crippen LogP contribution in [-0.2, 0) is 0 Å². The van der Waals surface area contributed by atoms with Crippen molar-refractivity contribution in [1.29, 1.82) is 0 Å². The molecule has 112 valence electrons. The molecule has 0 aliphatic carbocycles. The highest BCUT2D eigenvalue weighted by Crippen LogP contribution is 2.36. The molecule has 0 spiro atoms. The summed E-state index contributed by atoms with van der Waals surface area (Å²) >= 11 is 1.42. The van der Waals surface area contributed by atoms with Crippen LogP contribution in [0.15, 0.2) is 36.4 Å². The molecule has 21 heavy (non-hydrogen) atoms. The van der Waals surface area contributed by atoms with Gasteiger partial charge in [0.05, 0.1) is 13.2 Å². The van der Waals surface area contributed by atoms with Crippen LogP contribution < -0.4 is 4.74 Å². The summed E-state index contributed by atoms with van der Waals surface area (Å²) in [4.78, 5) is 15.5. The van der Waals surface area contributed by atoms with Crippen LogP contribution in [0.3, 0.4) is 0 Å². The predicted molar refractivity (Wildman–Crippen MR) is 85.0 cm³/mol. The number of hydrogen-bond donors (Lipinski definition) is 1. The maximum atomic E-state index is 12.4. The maximum absolute atomic E-state index is 12.4. The van der Waals surface area contributed by atoms with E-state index in [1.54, 1.807) is 7.05 Å². The fourth-order valence-corrected chi connectivity index (χ4v) is 3.06. The molecule has 1 aromatic heterocycles. The van der Waals surface area contributed by atoms with E-state index in [1.807, 2.05) is 43.3 Å². The molecule has 0 unspecified atom stereocenters. The maximum Gasteiger partial charge on any atom is 0.267 e. The molecule has 0 saturated carbocycles. The number of carbonyl (C=O) groups is 1. The highest BCUT2D eigenvalue weighted by atomic mass is 32.1. The van der Waals surface area contributed by atoms with E-state index in [-0.39, 0.29) is 12.5 Å². The SMILES string of the molecule is CCOc1cc(-c2ccccc2)sc1C(=O)N(C)CCO. The molecule has 1 heterocycles. The lowest BCUT2D eigenvalue weighted by Gasteiger charge is -2.15. The number of rotatable bonds is 6. The Hall–Kier alpha value is -1.85. The number of ether oxygens (including phenoxy) is 1. The van der Waals surface area contributed by atoms with Gasteiger partial charge in [-0.15, -0.1) is 11.3 Å². The molecule has 0 radical (unpaired) electrons. The van der Waals surface area contributed by atoms with E-state index in [1.165, 1.54) is 16.2 Å². The molecular weight excluding hydrogens is 286 g/mol. The van der Waals surface area contributed by atoms with Crippen molar-refractivity contribution >= 4 is 17.2 Å². The second-order valence-corrected chi connectivity index (χ2v) is 5.61. The lowest BCUT2D eigenvalue weighted by Crippen LogP contribution is -2.29. The Labute approximate surface area is 128 Å². The van der Waals surface area contributed by atoms with Gasteiger partial charge in [-0.3, -0.25) is 4.79 Å². The third-order valence-corrected chi connectivity index (χ3v) is 4.19. The molecule has 0 bridgehead atoms. The zero-order valence-electron chi connectivity index (χ0n) is 12.2. The standard InChI is InChI=1S/C16H19NO3S/c1-3-20-13-11-14(12-7-5-4-6-8-12)21-15(13)16(19)17(2)9-10-18/h4-8,11,18H,3,9-10H2,1-2H3. The molecule has 1 N–H and O–H groups in total. The van der Waals surface area contributed by atoms with E-state index in [2.05, 4.69) is 0 Å². The molecular formula is C16H19NO3S. The minimum Gasteiger partial charge on any atom is -0.492 e. The van der Waals surface area contributed by atoms with Gasteiger partial charge in [0.15, 0.2) is 0 Å².